The summed E-state index contributed by atoms with van der Waals surface area (Å²) in [6.45, 7) is 6.72. The smallest absolute Gasteiger partial charge is 0.0485 e. The highest BCUT2D eigenvalue weighted by atomic mass is 127. The molecule has 0 fully saturated rings. The molecule has 20 heavy (non-hydrogen) atoms. The average molecular weight is 379 g/mol. The summed E-state index contributed by atoms with van der Waals surface area (Å²) in [6, 6.07) is 17.8. The van der Waals surface area contributed by atoms with Crippen LogP contribution in [-0.4, -0.2) is 0 Å². The lowest BCUT2D eigenvalue weighted by Crippen LogP contribution is -2.06. The summed E-state index contributed by atoms with van der Waals surface area (Å²) >= 11 is 2.34. The van der Waals surface area contributed by atoms with Crippen LogP contribution in [0.1, 0.15) is 37.9 Å². The maximum atomic E-state index is 3.55. The second-order valence-corrected chi connectivity index (χ2v) is 6.96. The first-order valence-electron chi connectivity index (χ1n) is 7.15. The van der Waals surface area contributed by atoms with Crippen LogP contribution in [0.2, 0.25) is 0 Å². The second kappa shape index (κ2) is 7.11. The van der Waals surface area contributed by atoms with Crippen LogP contribution < -0.4 is 5.32 Å². The number of halogens is 1. The van der Waals surface area contributed by atoms with Crippen molar-refractivity contribution in [3.8, 4) is 0 Å². The molecular formula is C18H22IN. The van der Waals surface area contributed by atoms with Gasteiger partial charge in [0.2, 0.25) is 0 Å². The summed E-state index contributed by atoms with van der Waals surface area (Å²) in [5.41, 5.74) is 3.93. The molecule has 2 aromatic carbocycles. The third-order valence-electron chi connectivity index (χ3n) is 3.33. The molecule has 0 amide bonds. The number of hydrogen-bond donors (Lipinski definition) is 1. The van der Waals surface area contributed by atoms with Gasteiger partial charge < -0.3 is 5.32 Å². The van der Waals surface area contributed by atoms with Crippen molar-refractivity contribution >= 4 is 28.3 Å². The fraction of sp³-hybridized carbons (Fsp3) is 0.333. The van der Waals surface area contributed by atoms with E-state index in [0.29, 0.717) is 12.0 Å². The minimum absolute atomic E-state index is 0.321. The second-order valence-electron chi connectivity index (χ2n) is 5.72. The van der Waals surface area contributed by atoms with Crippen molar-refractivity contribution in [3.63, 3.8) is 0 Å². The molecule has 0 aliphatic heterocycles. The molecule has 0 heterocycles. The SMILES string of the molecule is CC(C)Cc1ccc(C(C)Nc2cccc(I)c2)cc1. The number of hydrogen-bond acceptors (Lipinski definition) is 1. The zero-order valence-corrected chi connectivity index (χ0v) is 14.5. The van der Waals surface area contributed by atoms with Gasteiger partial charge in [0.05, 0.1) is 0 Å². The fourth-order valence-corrected chi connectivity index (χ4v) is 2.87. The monoisotopic (exact) mass is 379 g/mol. The van der Waals surface area contributed by atoms with Crippen LogP contribution in [0.15, 0.2) is 48.5 Å². The Morgan fingerprint density at radius 1 is 1.00 bits per heavy atom. The predicted octanol–water partition coefficient (Wildman–Crippen LogP) is 5.66. The zero-order valence-electron chi connectivity index (χ0n) is 12.4. The standard InChI is InChI=1S/C18H22IN/c1-13(2)11-15-7-9-16(10-8-15)14(3)20-18-6-4-5-17(19)12-18/h4-10,12-14,20H,11H2,1-3H3. The maximum Gasteiger partial charge on any atom is 0.0485 e. The number of anilines is 1. The molecule has 0 aromatic heterocycles. The molecule has 106 valence electrons. The summed E-state index contributed by atoms with van der Waals surface area (Å²) in [6.07, 6.45) is 1.15. The third-order valence-corrected chi connectivity index (χ3v) is 4.00. The van der Waals surface area contributed by atoms with E-state index in [9.17, 15) is 0 Å². The van der Waals surface area contributed by atoms with Gasteiger partial charge in [-0.3, -0.25) is 0 Å². The Morgan fingerprint density at radius 3 is 2.30 bits per heavy atom. The van der Waals surface area contributed by atoms with Gasteiger partial charge in [0.1, 0.15) is 0 Å². The largest absolute Gasteiger partial charge is 0.378 e. The van der Waals surface area contributed by atoms with E-state index in [1.165, 1.54) is 20.4 Å². The first kappa shape index (κ1) is 15.4. The molecule has 2 aromatic rings. The molecule has 2 rings (SSSR count). The molecule has 1 N–H and O–H groups in total. The van der Waals surface area contributed by atoms with Crippen molar-refractivity contribution in [3.05, 3.63) is 63.2 Å². The Hall–Kier alpha value is -1.03. The number of rotatable bonds is 5. The van der Waals surface area contributed by atoms with E-state index in [4.69, 9.17) is 0 Å². The van der Waals surface area contributed by atoms with E-state index >= 15 is 0 Å². The van der Waals surface area contributed by atoms with E-state index in [-0.39, 0.29) is 0 Å². The molecule has 0 aliphatic carbocycles. The molecule has 0 saturated carbocycles. The summed E-state index contributed by atoms with van der Waals surface area (Å²) in [5, 5.41) is 3.55. The van der Waals surface area contributed by atoms with Gasteiger partial charge in [-0.15, -0.1) is 0 Å². The normalized spacial score (nSPS) is 12.4. The van der Waals surface area contributed by atoms with Gasteiger partial charge in [-0.25, -0.2) is 0 Å². The molecule has 2 heteroatoms. The lowest BCUT2D eigenvalue weighted by Gasteiger charge is -2.16. The van der Waals surface area contributed by atoms with Crippen molar-refractivity contribution in [1.82, 2.24) is 0 Å². The van der Waals surface area contributed by atoms with Crippen molar-refractivity contribution < 1.29 is 0 Å². The van der Waals surface area contributed by atoms with E-state index in [2.05, 4.69) is 97.2 Å². The summed E-state index contributed by atoms with van der Waals surface area (Å²) in [7, 11) is 0. The van der Waals surface area contributed by atoms with Gasteiger partial charge in [-0.1, -0.05) is 44.2 Å². The topological polar surface area (TPSA) is 12.0 Å². The highest BCUT2D eigenvalue weighted by Crippen LogP contribution is 2.21. The Bertz CT molecular complexity index is 546. The van der Waals surface area contributed by atoms with E-state index in [1.54, 1.807) is 0 Å². The summed E-state index contributed by atoms with van der Waals surface area (Å²) in [4.78, 5) is 0. The minimum atomic E-state index is 0.321. The molecule has 0 saturated heterocycles. The lowest BCUT2D eigenvalue weighted by atomic mass is 10.00. The first-order chi connectivity index (χ1) is 9.54. The van der Waals surface area contributed by atoms with Crippen molar-refractivity contribution in [2.75, 3.05) is 5.32 Å². The highest BCUT2D eigenvalue weighted by molar-refractivity contribution is 14.1. The Kier molecular flexibility index (Phi) is 5.46. The minimum Gasteiger partial charge on any atom is -0.378 e. The van der Waals surface area contributed by atoms with Crippen LogP contribution >= 0.6 is 22.6 Å². The third kappa shape index (κ3) is 4.51. The number of nitrogens with one attached hydrogen (secondary N) is 1. The summed E-state index contributed by atoms with van der Waals surface area (Å²) in [5.74, 6) is 0.711. The van der Waals surface area contributed by atoms with Gasteiger partial charge in [-0.05, 0) is 71.2 Å². The fourth-order valence-electron chi connectivity index (χ4n) is 2.33. The Labute approximate surface area is 135 Å². The van der Waals surface area contributed by atoms with Gasteiger partial charge in [0.25, 0.3) is 0 Å². The van der Waals surface area contributed by atoms with Crippen LogP contribution in [0.4, 0.5) is 5.69 Å². The highest BCUT2D eigenvalue weighted by Gasteiger charge is 2.06. The van der Waals surface area contributed by atoms with Crippen molar-refractivity contribution in [1.29, 1.82) is 0 Å². The van der Waals surface area contributed by atoms with Crippen LogP contribution in [-0.2, 0) is 6.42 Å². The van der Waals surface area contributed by atoms with Crippen LogP contribution in [0.25, 0.3) is 0 Å². The quantitative estimate of drug-likeness (QED) is 0.661. The molecule has 0 bridgehead atoms. The van der Waals surface area contributed by atoms with Crippen LogP contribution in [0.3, 0.4) is 0 Å². The van der Waals surface area contributed by atoms with Gasteiger partial charge >= 0.3 is 0 Å². The molecule has 1 unspecified atom stereocenters. The van der Waals surface area contributed by atoms with Crippen molar-refractivity contribution in [2.24, 2.45) is 5.92 Å². The first-order valence-corrected chi connectivity index (χ1v) is 8.23. The van der Waals surface area contributed by atoms with Crippen molar-refractivity contribution in [2.45, 2.75) is 33.2 Å². The van der Waals surface area contributed by atoms with Gasteiger partial charge in [0.15, 0.2) is 0 Å². The Morgan fingerprint density at radius 2 is 1.70 bits per heavy atom. The lowest BCUT2D eigenvalue weighted by molar-refractivity contribution is 0.647. The molecule has 0 aliphatic rings. The van der Waals surface area contributed by atoms with Crippen LogP contribution in [0.5, 0.6) is 0 Å². The van der Waals surface area contributed by atoms with E-state index in [0.717, 1.165) is 6.42 Å². The van der Waals surface area contributed by atoms with E-state index < -0.39 is 0 Å². The Balaban J connectivity index is 2.03. The maximum absolute atomic E-state index is 3.55. The van der Waals surface area contributed by atoms with Crippen LogP contribution in [0, 0.1) is 9.49 Å². The molecular weight excluding hydrogens is 357 g/mol. The molecule has 0 radical (unpaired) electrons. The van der Waals surface area contributed by atoms with Gasteiger partial charge in [0, 0.05) is 15.3 Å². The zero-order chi connectivity index (χ0) is 14.5. The predicted molar refractivity (Wildman–Crippen MR) is 96.2 cm³/mol. The molecule has 0 spiro atoms. The molecule has 1 nitrogen and oxygen atoms in total. The number of benzene rings is 2. The average Bonchev–Trinajstić information content (AvgIpc) is 2.38. The van der Waals surface area contributed by atoms with E-state index in [1.807, 2.05) is 0 Å². The molecule has 1 atom stereocenters. The van der Waals surface area contributed by atoms with Gasteiger partial charge in [-0.2, -0.15) is 0 Å². The summed E-state index contributed by atoms with van der Waals surface area (Å²) < 4.78 is 1.26.